The fraction of sp³-hybridized carbons (Fsp3) is 0.282. The molecule has 272 valence electrons. The fourth-order valence-corrected chi connectivity index (χ4v) is 7.94. The van der Waals surface area contributed by atoms with Gasteiger partial charge in [0.15, 0.2) is 0 Å². The highest BCUT2D eigenvalue weighted by Gasteiger charge is 2.40. The van der Waals surface area contributed by atoms with Crippen LogP contribution in [0.5, 0.6) is 5.75 Å². The number of carboxylic acids is 2. The van der Waals surface area contributed by atoms with Gasteiger partial charge in [-0.15, -0.1) is 15.9 Å². The zero-order chi connectivity index (χ0) is 37.2. The van der Waals surface area contributed by atoms with Crippen LogP contribution in [0.15, 0.2) is 102 Å². The lowest BCUT2D eigenvalue weighted by atomic mass is 9.81. The Morgan fingerprint density at radius 1 is 0.962 bits per heavy atom. The minimum atomic E-state index is -3.39. The number of carboxylic acid groups (broad SMARTS) is 2. The van der Waals surface area contributed by atoms with E-state index in [1.54, 1.807) is 71.5 Å². The van der Waals surface area contributed by atoms with Crippen molar-refractivity contribution >= 4 is 22.7 Å². The van der Waals surface area contributed by atoms with Crippen molar-refractivity contribution in [2.24, 2.45) is 5.41 Å². The smallest absolute Gasteiger partial charge is 0.335 e. The molecule has 0 saturated heterocycles. The number of para-hydroxylation sites is 1. The van der Waals surface area contributed by atoms with E-state index in [0.717, 1.165) is 27.8 Å². The van der Waals surface area contributed by atoms with Gasteiger partial charge in [0.2, 0.25) is 0 Å². The summed E-state index contributed by atoms with van der Waals surface area (Å²) in [4.78, 5) is 24.3. The second-order valence-corrected chi connectivity index (χ2v) is 15.6. The third kappa shape index (κ3) is 7.88. The van der Waals surface area contributed by atoms with Crippen molar-refractivity contribution in [3.05, 3.63) is 131 Å². The summed E-state index contributed by atoms with van der Waals surface area (Å²) in [6, 6.07) is 27.0. The Balaban J connectivity index is 1.20. The minimum absolute atomic E-state index is 0.00902. The van der Waals surface area contributed by atoms with Crippen LogP contribution in [0.2, 0.25) is 0 Å². The van der Waals surface area contributed by atoms with Crippen LogP contribution in [0.3, 0.4) is 0 Å². The molecule has 6 rings (SSSR count). The summed E-state index contributed by atoms with van der Waals surface area (Å²) < 4.78 is 38.6. The number of carbonyl (C=O) groups is 2. The molecule has 1 aliphatic rings. The molecule has 0 bridgehead atoms. The number of benzene rings is 4. The molecule has 0 saturated carbocycles. The molecule has 52 heavy (non-hydrogen) atoms. The quantitative estimate of drug-likeness (QED) is 0.0996. The predicted octanol–water partition coefficient (Wildman–Crippen LogP) is 7.68. The van der Waals surface area contributed by atoms with Gasteiger partial charge in [-0.3, -0.25) is 13.9 Å². The molecule has 12 nitrogen and oxygen atoms in total. The van der Waals surface area contributed by atoms with Crippen molar-refractivity contribution in [3.63, 3.8) is 0 Å². The van der Waals surface area contributed by atoms with E-state index in [4.69, 9.17) is 9.47 Å². The molecule has 5 aromatic rings. The number of aromatic carboxylic acids is 1. The minimum Gasteiger partial charge on any atom is -0.487 e. The number of fused-ring (bicyclic) bond motifs is 1. The summed E-state index contributed by atoms with van der Waals surface area (Å²) >= 11 is 0. The Kier molecular flexibility index (Phi) is 10.5. The van der Waals surface area contributed by atoms with Gasteiger partial charge in [0.05, 0.1) is 43.0 Å². The second-order valence-electron chi connectivity index (χ2n) is 13.6. The van der Waals surface area contributed by atoms with Crippen molar-refractivity contribution in [3.8, 4) is 16.9 Å². The molecular weight excluding hydrogens is 685 g/mol. The fourth-order valence-electron chi connectivity index (χ4n) is 6.28. The SMILES string of the molecule is Cc1ccc(C(OCc2cn(Cc3cccc(-c4cccc(C(=O)O)c4)c3)nn2)C(C)(C)C(=O)O)cc1CN1C[C@@H](C)Oc2ccccc2S1(O)O. The monoisotopic (exact) mass is 726 g/mol. The highest BCUT2D eigenvalue weighted by Crippen LogP contribution is 2.57. The van der Waals surface area contributed by atoms with E-state index >= 15 is 0 Å². The number of nitrogens with zero attached hydrogens (tertiary/aromatic N) is 4. The average Bonchev–Trinajstić information content (AvgIpc) is 3.52. The topological polar surface area (TPSA) is 167 Å². The van der Waals surface area contributed by atoms with Crippen molar-refractivity contribution < 1.29 is 38.4 Å². The Morgan fingerprint density at radius 3 is 2.44 bits per heavy atom. The van der Waals surface area contributed by atoms with Gasteiger partial charge in [0.25, 0.3) is 0 Å². The predicted molar refractivity (Wildman–Crippen MR) is 196 cm³/mol. The van der Waals surface area contributed by atoms with Gasteiger partial charge in [-0.25, -0.2) is 9.48 Å². The average molecular weight is 727 g/mol. The van der Waals surface area contributed by atoms with Gasteiger partial charge >= 0.3 is 11.9 Å². The number of rotatable bonds is 12. The van der Waals surface area contributed by atoms with Crippen LogP contribution >= 0.6 is 10.8 Å². The van der Waals surface area contributed by atoms with Gasteiger partial charge < -0.3 is 19.7 Å². The number of aryl methyl sites for hydroxylation is 1. The van der Waals surface area contributed by atoms with Crippen molar-refractivity contribution in [1.29, 1.82) is 0 Å². The molecule has 0 aliphatic carbocycles. The summed E-state index contributed by atoms with van der Waals surface area (Å²) in [6.45, 7) is 7.86. The lowest BCUT2D eigenvalue weighted by Gasteiger charge is -2.42. The molecule has 1 aromatic heterocycles. The van der Waals surface area contributed by atoms with Crippen molar-refractivity contribution in [2.75, 3.05) is 6.54 Å². The Morgan fingerprint density at radius 2 is 1.69 bits per heavy atom. The molecule has 2 atom stereocenters. The third-order valence-corrected chi connectivity index (χ3v) is 11.1. The van der Waals surface area contributed by atoms with Crippen LogP contribution < -0.4 is 4.74 Å². The molecule has 13 heteroatoms. The summed E-state index contributed by atoms with van der Waals surface area (Å²) in [6.07, 6.45) is 0.544. The first-order chi connectivity index (χ1) is 24.7. The molecule has 1 aliphatic heterocycles. The standard InChI is InChI=1S/C39H42N4O8S/c1-25-15-16-30(19-32(25)22-43-20-26(2)51-34-13-5-6-14-35(34)52(43,48)49)36(39(3,4)38(46)47)50-24-33-23-42(41-40-33)21-27-9-7-10-28(17-27)29-11-8-12-31(18-29)37(44)45/h5-19,23,26,36,48-49H,20-22,24H2,1-4H3,(H,44,45)(H,46,47)/t26-,36?/m1/s1. The molecule has 0 spiro atoms. The lowest BCUT2D eigenvalue weighted by molar-refractivity contribution is -0.158. The third-order valence-electron chi connectivity index (χ3n) is 9.22. The van der Waals surface area contributed by atoms with Crippen LogP contribution in [-0.2, 0) is 29.2 Å². The van der Waals surface area contributed by atoms with Crippen molar-refractivity contribution in [1.82, 2.24) is 19.3 Å². The van der Waals surface area contributed by atoms with Crippen LogP contribution in [0.4, 0.5) is 0 Å². The van der Waals surface area contributed by atoms with Crippen molar-refractivity contribution in [2.45, 2.75) is 64.5 Å². The highest BCUT2D eigenvalue weighted by molar-refractivity contribution is 8.22. The number of aromatic nitrogens is 3. The number of aliphatic carboxylic acids is 1. The van der Waals surface area contributed by atoms with E-state index in [9.17, 15) is 28.9 Å². The van der Waals surface area contributed by atoms with E-state index in [2.05, 4.69) is 10.3 Å². The van der Waals surface area contributed by atoms with Crippen LogP contribution in [-0.4, -0.2) is 63.2 Å². The maximum atomic E-state index is 12.6. The van der Waals surface area contributed by atoms with Gasteiger partial charge in [-0.1, -0.05) is 65.9 Å². The Hall–Kier alpha value is -5.05. The lowest BCUT2D eigenvalue weighted by Crippen LogP contribution is -2.34. The zero-order valence-corrected chi connectivity index (χ0v) is 30.2. The normalized spacial score (nSPS) is 17.0. The summed E-state index contributed by atoms with van der Waals surface area (Å²) in [5.41, 5.74) is 4.28. The summed E-state index contributed by atoms with van der Waals surface area (Å²) in [5, 5.41) is 28.2. The van der Waals surface area contributed by atoms with E-state index < -0.39 is 34.2 Å². The highest BCUT2D eigenvalue weighted by atomic mass is 32.3. The molecule has 2 heterocycles. The maximum absolute atomic E-state index is 12.6. The molecule has 4 N–H and O–H groups in total. The maximum Gasteiger partial charge on any atom is 0.335 e. The Labute approximate surface area is 303 Å². The van der Waals surface area contributed by atoms with Crippen LogP contribution in [0.1, 0.15) is 65.2 Å². The van der Waals surface area contributed by atoms with Gasteiger partial charge in [-0.05, 0) is 91.4 Å². The van der Waals surface area contributed by atoms with Crippen LogP contribution in [0.25, 0.3) is 11.1 Å². The van der Waals surface area contributed by atoms with Gasteiger partial charge in [-0.2, -0.15) is 4.31 Å². The summed E-state index contributed by atoms with van der Waals surface area (Å²) in [5.74, 6) is -1.59. The molecule has 4 aromatic carbocycles. The zero-order valence-electron chi connectivity index (χ0n) is 29.3. The van der Waals surface area contributed by atoms with E-state index in [1.807, 2.05) is 62.4 Å². The van der Waals surface area contributed by atoms with E-state index in [0.29, 0.717) is 28.4 Å². The number of ether oxygens (including phenoxy) is 2. The number of hydrogen-bond acceptors (Lipinski definition) is 9. The first-order valence-corrected chi connectivity index (χ1v) is 18.3. The molecule has 0 amide bonds. The largest absolute Gasteiger partial charge is 0.487 e. The molecule has 0 radical (unpaired) electrons. The van der Waals surface area contributed by atoms with E-state index in [1.165, 1.54) is 0 Å². The van der Waals surface area contributed by atoms with Gasteiger partial charge in [0.1, 0.15) is 22.4 Å². The van der Waals surface area contributed by atoms with Crippen LogP contribution in [0, 0.1) is 12.3 Å². The Bertz CT molecular complexity index is 2100. The number of hydrogen-bond donors (Lipinski definition) is 4. The molecule has 1 unspecified atom stereocenters. The second kappa shape index (κ2) is 14.9. The first kappa shape index (κ1) is 36.7. The molecule has 0 fully saturated rings. The van der Waals surface area contributed by atoms with E-state index in [-0.39, 0.29) is 31.4 Å². The summed E-state index contributed by atoms with van der Waals surface area (Å²) in [7, 11) is -3.39. The molecular formula is C39H42N4O8S. The van der Waals surface area contributed by atoms with Gasteiger partial charge in [0, 0.05) is 6.54 Å². The first-order valence-electron chi connectivity index (χ1n) is 16.8.